The van der Waals surface area contributed by atoms with Gasteiger partial charge in [-0.05, 0) is 19.3 Å². The first-order chi connectivity index (χ1) is 27.6. The molecule has 0 spiro atoms. The second-order valence-electron chi connectivity index (χ2n) is 16.2. The van der Waals surface area contributed by atoms with E-state index in [-0.39, 0.29) is 18.9 Å². The van der Waals surface area contributed by atoms with Gasteiger partial charge in [0.15, 0.2) is 12.6 Å². The van der Waals surface area contributed by atoms with E-state index in [1.54, 1.807) is 6.08 Å². The molecular formula is C43H81NO13. The van der Waals surface area contributed by atoms with Crippen molar-refractivity contribution in [3.05, 3.63) is 12.2 Å². The maximum atomic E-state index is 13.0. The predicted molar refractivity (Wildman–Crippen MR) is 217 cm³/mol. The molecule has 14 heteroatoms. The summed E-state index contributed by atoms with van der Waals surface area (Å²) in [6.45, 7) is 2.74. The van der Waals surface area contributed by atoms with Gasteiger partial charge in [-0.15, -0.1) is 0 Å². The van der Waals surface area contributed by atoms with Crippen molar-refractivity contribution in [3.8, 4) is 0 Å². The maximum Gasteiger partial charge on any atom is 0.220 e. The number of carbonyl (C=O) groups excluding carboxylic acids is 1. The van der Waals surface area contributed by atoms with Gasteiger partial charge in [0.05, 0.1) is 32.0 Å². The summed E-state index contributed by atoms with van der Waals surface area (Å²) in [6.07, 6.45) is 12.6. The summed E-state index contributed by atoms with van der Waals surface area (Å²) in [5.74, 6) is -0.243. The monoisotopic (exact) mass is 820 g/mol. The van der Waals surface area contributed by atoms with Crippen molar-refractivity contribution in [1.29, 1.82) is 0 Å². The topological polar surface area (TPSA) is 228 Å². The average molecular weight is 820 g/mol. The van der Waals surface area contributed by atoms with Crippen LogP contribution in [-0.4, -0.2) is 140 Å². The molecule has 0 saturated carbocycles. The van der Waals surface area contributed by atoms with Crippen LogP contribution in [0.5, 0.6) is 0 Å². The normalized spacial score (nSPS) is 29.2. The second-order valence-corrected chi connectivity index (χ2v) is 16.2. The van der Waals surface area contributed by atoms with Gasteiger partial charge < -0.3 is 65.1 Å². The zero-order valence-corrected chi connectivity index (χ0v) is 35.1. The molecule has 4 unspecified atom stereocenters. The molecule has 336 valence electrons. The van der Waals surface area contributed by atoms with Crippen molar-refractivity contribution in [1.82, 2.24) is 5.32 Å². The molecule has 0 bridgehead atoms. The van der Waals surface area contributed by atoms with Gasteiger partial charge in [-0.1, -0.05) is 148 Å². The first-order valence-electron chi connectivity index (χ1n) is 22.4. The van der Waals surface area contributed by atoms with Gasteiger partial charge in [0, 0.05) is 6.42 Å². The molecule has 0 aromatic rings. The summed E-state index contributed by atoms with van der Waals surface area (Å²) in [5, 5.41) is 86.3. The molecule has 9 N–H and O–H groups in total. The van der Waals surface area contributed by atoms with E-state index >= 15 is 0 Å². The second kappa shape index (κ2) is 31.6. The molecule has 0 radical (unpaired) electrons. The highest BCUT2D eigenvalue weighted by molar-refractivity contribution is 5.76. The molecule has 2 saturated heterocycles. The molecule has 0 aromatic carbocycles. The molecule has 1 amide bonds. The highest BCUT2D eigenvalue weighted by Crippen LogP contribution is 2.30. The van der Waals surface area contributed by atoms with Gasteiger partial charge in [-0.2, -0.15) is 0 Å². The largest absolute Gasteiger partial charge is 0.394 e. The van der Waals surface area contributed by atoms with Gasteiger partial charge in [-0.3, -0.25) is 4.79 Å². The lowest BCUT2D eigenvalue weighted by Gasteiger charge is -2.46. The molecule has 14 nitrogen and oxygen atoms in total. The van der Waals surface area contributed by atoms with Crippen LogP contribution >= 0.6 is 0 Å². The number of nitrogens with one attached hydrogen (secondary N) is 1. The summed E-state index contributed by atoms with van der Waals surface area (Å²) in [4.78, 5) is 13.0. The summed E-state index contributed by atoms with van der Waals surface area (Å²) < 4.78 is 22.6. The third-order valence-electron chi connectivity index (χ3n) is 11.2. The minimum atomic E-state index is -1.78. The Morgan fingerprint density at radius 2 is 1.09 bits per heavy atom. The van der Waals surface area contributed by atoms with E-state index in [9.17, 15) is 45.6 Å². The lowest BCUT2D eigenvalue weighted by atomic mass is 9.97. The Kier molecular flexibility index (Phi) is 28.7. The van der Waals surface area contributed by atoms with Crippen molar-refractivity contribution in [2.24, 2.45) is 0 Å². The first-order valence-corrected chi connectivity index (χ1v) is 22.4. The third-order valence-corrected chi connectivity index (χ3v) is 11.2. The fraction of sp³-hybridized carbons (Fsp3) is 0.930. The van der Waals surface area contributed by atoms with Gasteiger partial charge in [0.25, 0.3) is 0 Å². The van der Waals surface area contributed by atoms with Gasteiger partial charge >= 0.3 is 0 Å². The van der Waals surface area contributed by atoms with Crippen LogP contribution in [-0.2, 0) is 23.7 Å². The first kappa shape index (κ1) is 51.9. The van der Waals surface area contributed by atoms with Gasteiger partial charge in [0.2, 0.25) is 5.91 Å². The Bertz CT molecular complexity index is 1020. The van der Waals surface area contributed by atoms with E-state index in [4.69, 9.17) is 18.9 Å². The van der Waals surface area contributed by atoms with Crippen molar-refractivity contribution in [2.75, 3.05) is 19.8 Å². The van der Waals surface area contributed by atoms with Crippen molar-refractivity contribution in [2.45, 2.75) is 235 Å². The van der Waals surface area contributed by atoms with E-state index in [2.05, 4.69) is 19.2 Å². The van der Waals surface area contributed by atoms with E-state index in [0.717, 1.165) is 38.5 Å². The SMILES string of the molecule is CCCCCCCCCCCCC/C=C/[C@@H](O)[C@H](CO[C@@H]1O[C@H](CO)[C@@H](O[C@@H]2O[C@H](CO)[C@H](O)C(O)C2O)C(O)C1O)NC(=O)CCCCCCCCCCCC. The van der Waals surface area contributed by atoms with Crippen LogP contribution in [0.4, 0.5) is 0 Å². The number of hydrogen-bond donors (Lipinski definition) is 9. The van der Waals surface area contributed by atoms with Gasteiger partial charge in [-0.25, -0.2) is 0 Å². The fourth-order valence-corrected chi connectivity index (χ4v) is 7.47. The van der Waals surface area contributed by atoms with Crippen LogP contribution in [0.3, 0.4) is 0 Å². The van der Waals surface area contributed by atoms with E-state index in [1.165, 1.54) is 96.3 Å². The number of aliphatic hydroxyl groups is 8. The van der Waals surface area contributed by atoms with E-state index < -0.39 is 86.8 Å². The minimum Gasteiger partial charge on any atom is -0.394 e. The Hall–Kier alpha value is -1.27. The fourth-order valence-electron chi connectivity index (χ4n) is 7.47. The van der Waals surface area contributed by atoms with E-state index in [1.807, 2.05) is 6.08 Å². The lowest BCUT2D eigenvalue weighted by molar-refractivity contribution is -0.359. The van der Waals surface area contributed by atoms with Crippen LogP contribution in [0.1, 0.15) is 162 Å². The van der Waals surface area contributed by atoms with Crippen LogP contribution in [0, 0.1) is 0 Å². The molecule has 2 aliphatic heterocycles. The third kappa shape index (κ3) is 20.2. The summed E-state index contributed by atoms with van der Waals surface area (Å²) in [6, 6.07) is -0.905. The predicted octanol–water partition coefficient (Wildman–Crippen LogP) is 4.04. The number of aliphatic hydroxyl groups excluding tert-OH is 8. The Labute approximate surface area is 342 Å². The van der Waals surface area contributed by atoms with Crippen LogP contribution in [0.25, 0.3) is 0 Å². The molecule has 57 heavy (non-hydrogen) atoms. The zero-order chi connectivity index (χ0) is 41.8. The number of carbonyl (C=O) groups is 1. The number of rotatable bonds is 33. The molecule has 12 atom stereocenters. The Balaban J connectivity index is 1.92. The molecule has 2 aliphatic rings. The molecule has 0 aliphatic carbocycles. The highest BCUT2D eigenvalue weighted by Gasteiger charge is 2.50. The molecular weight excluding hydrogens is 738 g/mol. The number of ether oxygens (including phenoxy) is 4. The van der Waals surface area contributed by atoms with Gasteiger partial charge in [0.1, 0.15) is 48.8 Å². The zero-order valence-electron chi connectivity index (χ0n) is 35.1. The number of allylic oxidation sites excluding steroid dienone is 1. The maximum absolute atomic E-state index is 13.0. The Morgan fingerprint density at radius 3 is 1.61 bits per heavy atom. The number of amides is 1. The number of unbranched alkanes of at least 4 members (excludes halogenated alkanes) is 20. The standard InChI is InChI=1S/C43H81NO13/c1-3-5-7-9-11-13-15-16-17-18-20-22-24-26-32(47)31(44-35(48)27-25-23-21-19-14-12-10-8-6-4-2)30-54-42-40(53)38(51)41(34(29-46)56-42)57-43-39(52)37(50)36(49)33(28-45)55-43/h24,26,31-34,36-43,45-47,49-53H,3-23,25,27-30H2,1-2H3,(H,44,48)/b26-24+/t31-,32+,33+,34+,36-,37?,38?,39?,40?,41+,42+,43-/m0/s1. The van der Waals surface area contributed by atoms with Crippen molar-refractivity contribution in [3.63, 3.8) is 0 Å². The molecule has 2 heterocycles. The highest BCUT2D eigenvalue weighted by atomic mass is 16.7. The van der Waals surface area contributed by atoms with Crippen LogP contribution in [0.15, 0.2) is 12.2 Å². The summed E-state index contributed by atoms with van der Waals surface area (Å²) in [7, 11) is 0. The van der Waals surface area contributed by atoms with E-state index in [0.29, 0.717) is 6.42 Å². The van der Waals surface area contributed by atoms with Crippen LogP contribution in [0.2, 0.25) is 0 Å². The quantitative estimate of drug-likeness (QED) is 0.0337. The molecule has 2 fully saturated rings. The van der Waals surface area contributed by atoms with Crippen molar-refractivity contribution < 1.29 is 64.6 Å². The minimum absolute atomic E-state index is 0.243. The lowest BCUT2D eigenvalue weighted by Crippen LogP contribution is -2.65. The summed E-state index contributed by atoms with van der Waals surface area (Å²) in [5.41, 5.74) is 0. The van der Waals surface area contributed by atoms with Crippen molar-refractivity contribution >= 4 is 5.91 Å². The Morgan fingerprint density at radius 1 is 0.614 bits per heavy atom. The smallest absolute Gasteiger partial charge is 0.220 e. The van der Waals surface area contributed by atoms with Crippen LogP contribution < -0.4 is 5.32 Å². The molecule has 2 rings (SSSR count). The number of hydrogen-bond acceptors (Lipinski definition) is 13. The summed E-state index contributed by atoms with van der Waals surface area (Å²) >= 11 is 0. The molecule has 0 aromatic heterocycles. The average Bonchev–Trinajstić information content (AvgIpc) is 3.21.